The van der Waals surface area contributed by atoms with Gasteiger partial charge in [-0.05, 0) is 31.4 Å². The van der Waals surface area contributed by atoms with Crippen molar-refractivity contribution in [1.29, 1.82) is 0 Å². The average Bonchev–Trinajstić information content (AvgIpc) is 2.67. The molecule has 1 unspecified atom stereocenters. The number of rotatable bonds is 1. The van der Waals surface area contributed by atoms with Crippen molar-refractivity contribution >= 4 is 20.6 Å². The minimum atomic E-state index is -4.16. The molecular formula is C17H20BrF3O3S. The van der Waals surface area contributed by atoms with Crippen molar-refractivity contribution in [3.63, 3.8) is 0 Å². The minimum absolute atomic E-state index is 0.116. The van der Waals surface area contributed by atoms with Crippen molar-refractivity contribution in [2.24, 2.45) is 0 Å². The van der Waals surface area contributed by atoms with Crippen LogP contribution in [0.5, 0.6) is 0 Å². The number of benzene rings is 1. The molecule has 1 aromatic carbocycles. The maximum Gasteiger partial charge on any atom is 0.600 e. The summed E-state index contributed by atoms with van der Waals surface area (Å²) < 4.78 is 67.0. The van der Waals surface area contributed by atoms with Gasteiger partial charge in [-0.3, -0.25) is 0 Å². The van der Waals surface area contributed by atoms with Crippen LogP contribution in [0, 0.1) is 21.7 Å². The lowest BCUT2D eigenvalue weighted by Crippen LogP contribution is -2.42. The highest BCUT2D eigenvalue weighted by molar-refractivity contribution is 7.38. The molecule has 1 fully saturated rings. The molecular weight excluding hydrogens is 421 g/mol. The second-order valence-electron chi connectivity index (χ2n) is 6.22. The van der Waals surface area contributed by atoms with Gasteiger partial charge < -0.3 is 12.6 Å². The van der Waals surface area contributed by atoms with E-state index in [2.05, 4.69) is 0 Å². The van der Waals surface area contributed by atoms with Crippen LogP contribution in [0.4, 0.5) is 13.2 Å². The Balaban J connectivity index is 0.000000511. The van der Waals surface area contributed by atoms with Gasteiger partial charge in [-0.25, -0.2) is 0 Å². The van der Waals surface area contributed by atoms with Gasteiger partial charge in [-0.15, -0.1) is 13.2 Å². The highest BCUT2D eigenvalue weighted by Gasteiger charge is 2.49. The molecule has 3 rings (SSSR count). The first kappa shape index (κ1) is 20.6. The Morgan fingerprint density at radius 2 is 1.56 bits per heavy atom. The summed E-state index contributed by atoms with van der Waals surface area (Å²) >= 11 is -3.65. The molecule has 8 heteroatoms. The molecule has 0 N–H and O–H groups in total. The van der Waals surface area contributed by atoms with Crippen molar-refractivity contribution < 1.29 is 40.6 Å². The Hall–Kier alpha value is -0.670. The van der Waals surface area contributed by atoms with Crippen LogP contribution in [0.1, 0.15) is 54.9 Å². The molecule has 140 valence electrons. The van der Waals surface area contributed by atoms with Gasteiger partial charge in [0.15, 0.2) is 9.58 Å². The molecule has 0 saturated heterocycles. The Kier molecular flexibility index (Phi) is 7.28. The first-order valence-corrected chi connectivity index (χ1v) is 11.2. The van der Waals surface area contributed by atoms with Gasteiger partial charge in [0, 0.05) is 23.4 Å². The van der Waals surface area contributed by atoms with Crippen LogP contribution in [0.2, 0.25) is 0 Å². The fourth-order valence-corrected chi connectivity index (χ4v) is 5.63. The third kappa shape index (κ3) is 5.65. The Bertz CT molecular complexity index is 689. The van der Waals surface area contributed by atoms with Crippen LogP contribution in [-0.4, -0.2) is 0 Å². The molecule has 0 amide bonds. The SMILES string of the molecule is Cc1ccc2cc(C3CCCCCC3)[s+](C(F)(F)F)c2c1.[O-][Br+2]([O-])[O-]. The quantitative estimate of drug-likeness (QED) is 0.504. The monoisotopic (exact) mass is 440 g/mol. The minimum Gasteiger partial charge on any atom is -0.405 e. The van der Waals surface area contributed by atoms with Crippen molar-refractivity contribution in [3.05, 3.63) is 34.7 Å². The molecule has 0 radical (unpaired) electrons. The number of hydrogen-bond donors (Lipinski definition) is 0. The average molecular weight is 441 g/mol. The van der Waals surface area contributed by atoms with E-state index in [1.54, 1.807) is 6.07 Å². The standard InChI is InChI=1S/C17H20F3S.BrO3/c1-12-8-9-14-11-16(13-6-4-2-3-5-7-13)21(15(14)10-12)17(18,19)20;2-1(3)4/h8-11,13H,2-7H2,1H3;/q+1;-1. The fraction of sp³-hybridized carbons (Fsp3) is 0.529. The molecule has 1 saturated carbocycles. The van der Waals surface area contributed by atoms with Crippen LogP contribution in [0.15, 0.2) is 24.3 Å². The van der Waals surface area contributed by atoms with E-state index in [1.807, 2.05) is 25.1 Å². The lowest BCUT2D eigenvalue weighted by Gasteiger charge is -2.10. The summed E-state index contributed by atoms with van der Waals surface area (Å²) in [6, 6.07) is 7.32. The summed E-state index contributed by atoms with van der Waals surface area (Å²) in [5, 5.41) is 0.778. The van der Waals surface area contributed by atoms with Crippen molar-refractivity contribution in [1.82, 2.24) is 0 Å². The van der Waals surface area contributed by atoms with Gasteiger partial charge in [-0.2, -0.15) is 0 Å². The third-order valence-corrected chi connectivity index (χ3v) is 6.59. The Labute approximate surface area is 152 Å². The van der Waals surface area contributed by atoms with E-state index in [0.717, 1.165) is 49.5 Å². The lowest BCUT2D eigenvalue weighted by atomic mass is 9.98. The van der Waals surface area contributed by atoms with Crippen LogP contribution < -0.4 is 12.6 Å². The van der Waals surface area contributed by atoms with Gasteiger partial charge in [0.05, 0.1) is 10.5 Å². The largest absolute Gasteiger partial charge is 0.600 e. The first-order chi connectivity index (χ1) is 11.7. The zero-order valence-corrected chi connectivity index (χ0v) is 16.2. The summed E-state index contributed by atoms with van der Waals surface area (Å²) in [5.41, 5.74) is -3.25. The topological polar surface area (TPSA) is 69.2 Å². The number of hydrogen-bond acceptors (Lipinski definition) is 3. The second-order valence-corrected chi connectivity index (χ2v) is 9.00. The molecule has 1 aliphatic carbocycles. The molecule has 2 aromatic rings. The van der Waals surface area contributed by atoms with E-state index in [-0.39, 0.29) is 5.92 Å². The van der Waals surface area contributed by atoms with Crippen molar-refractivity contribution in [2.75, 3.05) is 0 Å². The smallest absolute Gasteiger partial charge is 0.405 e. The van der Waals surface area contributed by atoms with Gasteiger partial charge in [0.2, 0.25) is 14.8 Å². The number of alkyl halides is 3. The Morgan fingerprint density at radius 1 is 1.00 bits per heavy atom. The highest BCUT2D eigenvalue weighted by atomic mass is 80.0. The van der Waals surface area contributed by atoms with Crippen molar-refractivity contribution in [3.8, 4) is 0 Å². The molecule has 3 nitrogen and oxygen atoms in total. The zero-order valence-electron chi connectivity index (χ0n) is 13.8. The first-order valence-electron chi connectivity index (χ1n) is 8.06. The molecule has 1 atom stereocenters. The molecule has 1 aromatic heterocycles. The molecule has 0 aliphatic heterocycles. The summed E-state index contributed by atoms with van der Waals surface area (Å²) in [4.78, 5) is 0.644. The van der Waals surface area contributed by atoms with Crippen LogP contribution >= 0.6 is 10.5 Å². The van der Waals surface area contributed by atoms with E-state index in [4.69, 9.17) is 12.6 Å². The maximum atomic E-state index is 13.6. The van der Waals surface area contributed by atoms with Gasteiger partial charge in [-0.1, -0.05) is 31.7 Å². The fourth-order valence-electron chi connectivity index (χ4n) is 3.38. The summed E-state index contributed by atoms with van der Waals surface area (Å²) in [7, 11) is -1.71. The van der Waals surface area contributed by atoms with E-state index in [0.29, 0.717) is 9.58 Å². The predicted octanol–water partition coefficient (Wildman–Crippen LogP) is 3.24. The van der Waals surface area contributed by atoms with E-state index in [1.165, 1.54) is 0 Å². The lowest BCUT2D eigenvalue weighted by molar-refractivity contribution is -1.73. The predicted molar refractivity (Wildman–Crippen MR) is 82.9 cm³/mol. The van der Waals surface area contributed by atoms with E-state index in [9.17, 15) is 13.2 Å². The second kappa shape index (κ2) is 8.81. The number of thiophene rings is 1. The third-order valence-electron chi connectivity index (χ3n) is 4.41. The van der Waals surface area contributed by atoms with Crippen LogP contribution in [0.25, 0.3) is 10.1 Å². The highest BCUT2D eigenvalue weighted by Crippen LogP contribution is 2.54. The molecule has 0 bridgehead atoms. The zero-order chi connectivity index (χ0) is 18.6. The van der Waals surface area contributed by atoms with Gasteiger partial charge in [0.25, 0.3) is 0 Å². The van der Waals surface area contributed by atoms with Crippen molar-refractivity contribution in [2.45, 2.75) is 56.9 Å². The number of fused-ring (bicyclic) bond motifs is 1. The number of aryl methyl sites for hydroxylation is 1. The number of halogens is 4. The normalized spacial score (nSPS) is 17.4. The molecule has 25 heavy (non-hydrogen) atoms. The summed E-state index contributed by atoms with van der Waals surface area (Å²) in [6.07, 6.45) is 6.28. The van der Waals surface area contributed by atoms with E-state index < -0.39 is 30.8 Å². The van der Waals surface area contributed by atoms with Gasteiger partial charge in [0.1, 0.15) is 0 Å². The maximum absolute atomic E-state index is 13.6. The summed E-state index contributed by atoms with van der Waals surface area (Å²) in [6.45, 7) is 1.86. The molecule has 1 aliphatic rings. The molecule has 0 spiro atoms. The van der Waals surface area contributed by atoms with Crippen LogP contribution in [0.3, 0.4) is 0 Å². The van der Waals surface area contributed by atoms with Gasteiger partial charge >= 0.3 is 5.51 Å². The van der Waals surface area contributed by atoms with E-state index >= 15 is 0 Å². The molecule has 1 heterocycles. The van der Waals surface area contributed by atoms with Crippen LogP contribution in [-0.2, 0) is 5.51 Å². The Morgan fingerprint density at radius 3 is 2.08 bits per heavy atom. The summed E-state index contributed by atoms with van der Waals surface area (Å²) in [5.74, 6) is 0.116.